The molecule has 0 fully saturated rings. The van der Waals surface area contributed by atoms with Crippen molar-refractivity contribution in [3.63, 3.8) is 0 Å². The van der Waals surface area contributed by atoms with E-state index in [0.717, 1.165) is 0 Å². The van der Waals surface area contributed by atoms with Crippen molar-refractivity contribution in [1.29, 1.82) is 0 Å². The lowest BCUT2D eigenvalue weighted by atomic mass is 10.2. The molecule has 0 saturated carbocycles. The number of carbonyl (C=O) groups is 1. The second-order valence-corrected chi connectivity index (χ2v) is 2.92. The third-order valence-electron chi connectivity index (χ3n) is 1.84. The number of hydrogen-bond donors (Lipinski definition) is 1. The number of aromatic nitrogens is 2. The number of esters is 1. The standard InChI is InChI=1S/C8H11N3O4/c1-15-7(12)4-2-3-6-5-9-8(10-6)11(13)14/h5H,2-4H2,1H3,(H,9,10). The Hall–Kier alpha value is -1.92. The minimum atomic E-state index is -0.593. The van der Waals surface area contributed by atoms with Crippen LogP contribution in [0.1, 0.15) is 18.5 Å². The van der Waals surface area contributed by atoms with E-state index in [1.807, 2.05) is 0 Å². The molecule has 0 atom stereocenters. The van der Waals surface area contributed by atoms with Crippen LogP contribution in [-0.2, 0) is 16.0 Å². The summed E-state index contributed by atoms with van der Waals surface area (Å²) >= 11 is 0. The summed E-state index contributed by atoms with van der Waals surface area (Å²) in [4.78, 5) is 26.6. The Balaban J connectivity index is 2.38. The van der Waals surface area contributed by atoms with E-state index >= 15 is 0 Å². The molecule has 1 rings (SSSR count). The second-order valence-electron chi connectivity index (χ2n) is 2.92. The Labute approximate surface area is 85.6 Å². The maximum absolute atomic E-state index is 10.8. The molecule has 0 amide bonds. The lowest BCUT2D eigenvalue weighted by molar-refractivity contribution is -0.393. The van der Waals surface area contributed by atoms with E-state index in [1.165, 1.54) is 13.3 Å². The van der Waals surface area contributed by atoms with E-state index in [-0.39, 0.29) is 11.9 Å². The predicted molar refractivity (Wildman–Crippen MR) is 50.2 cm³/mol. The first kappa shape index (κ1) is 11.2. The highest BCUT2D eigenvalue weighted by Crippen LogP contribution is 2.08. The number of imidazole rings is 1. The molecule has 1 heterocycles. The molecule has 7 heteroatoms. The molecular weight excluding hydrogens is 202 g/mol. The monoisotopic (exact) mass is 213 g/mol. The van der Waals surface area contributed by atoms with Crippen LogP contribution >= 0.6 is 0 Å². The Morgan fingerprint density at radius 1 is 1.73 bits per heavy atom. The third kappa shape index (κ3) is 3.37. The Kier molecular flexibility index (Phi) is 3.78. The number of nitro groups is 1. The van der Waals surface area contributed by atoms with Crippen LogP contribution in [0.4, 0.5) is 5.95 Å². The van der Waals surface area contributed by atoms with Crippen molar-refractivity contribution in [2.45, 2.75) is 19.3 Å². The number of H-pyrrole nitrogens is 1. The van der Waals surface area contributed by atoms with Crippen LogP contribution in [-0.4, -0.2) is 28.0 Å². The molecule has 1 aromatic heterocycles. The summed E-state index contributed by atoms with van der Waals surface area (Å²) in [5, 5.41) is 10.3. The third-order valence-corrected chi connectivity index (χ3v) is 1.84. The fourth-order valence-electron chi connectivity index (χ4n) is 1.09. The van der Waals surface area contributed by atoms with Gasteiger partial charge in [-0.05, 0) is 11.3 Å². The van der Waals surface area contributed by atoms with Gasteiger partial charge in [0.05, 0.1) is 7.11 Å². The van der Waals surface area contributed by atoms with E-state index in [0.29, 0.717) is 25.0 Å². The number of aryl methyl sites for hydroxylation is 1. The highest BCUT2D eigenvalue weighted by atomic mass is 16.6. The van der Waals surface area contributed by atoms with Crippen molar-refractivity contribution < 1.29 is 14.5 Å². The molecule has 0 aromatic carbocycles. The van der Waals surface area contributed by atoms with Crippen molar-refractivity contribution in [2.75, 3.05) is 7.11 Å². The molecule has 0 aliphatic heterocycles. The van der Waals surface area contributed by atoms with Gasteiger partial charge < -0.3 is 14.9 Å². The fraction of sp³-hybridized carbons (Fsp3) is 0.500. The minimum absolute atomic E-state index is 0.275. The van der Waals surface area contributed by atoms with Crippen molar-refractivity contribution in [1.82, 2.24) is 9.97 Å². The number of methoxy groups -OCH3 is 1. The molecule has 0 saturated heterocycles. The normalized spacial score (nSPS) is 9.93. The highest BCUT2D eigenvalue weighted by molar-refractivity contribution is 5.69. The Morgan fingerprint density at radius 3 is 3.00 bits per heavy atom. The molecular formula is C8H11N3O4. The van der Waals surface area contributed by atoms with Gasteiger partial charge in [0.15, 0.2) is 0 Å². The Bertz CT molecular complexity index is 361. The van der Waals surface area contributed by atoms with E-state index in [1.54, 1.807) is 0 Å². The van der Waals surface area contributed by atoms with Gasteiger partial charge in [-0.25, -0.2) is 4.98 Å². The SMILES string of the molecule is COC(=O)CCCc1cnc([N+](=O)[O-])[nH]1. The second kappa shape index (κ2) is 5.08. The number of nitrogens with zero attached hydrogens (tertiary/aromatic N) is 2. The zero-order valence-electron chi connectivity index (χ0n) is 8.23. The van der Waals surface area contributed by atoms with Gasteiger partial charge in [-0.3, -0.25) is 4.79 Å². The smallest absolute Gasteiger partial charge is 0.432 e. The maximum atomic E-state index is 10.8. The summed E-state index contributed by atoms with van der Waals surface area (Å²) in [6, 6.07) is 0. The number of hydrogen-bond acceptors (Lipinski definition) is 5. The van der Waals surface area contributed by atoms with E-state index in [9.17, 15) is 14.9 Å². The lowest BCUT2D eigenvalue weighted by Crippen LogP contribution is -2.00. The summed E-state index contributed by atoms with van der Waals surface area (Å²) in [7, 11) is 1.32. The number of rotatable bonds is 5. The maximum Gasteiger partial charge on any atom is 0.432 e. The van der Waals surface area contributed by atoms with Crippen LogP contribution in [0.3, 0.4) is 0 Å². The van der Waals surface area contributed by atoms with E-state index in [2.05, 4.69) is 14.7 Å². The summed E-state index contributed by atoms with van der Waals surface area (Å²) in [5.74, 6) is -0.563. The van der Waals surface area contributed by atoms with Crippen molar-refractivity contribution >= 4 is 11.9 Å². The van der Waals surface area contributed by atoms with Crippen molar-refractivity contribution in [2.24, 2.45) is 0 Å². The van der Waals surface area contributed by atoms with Gasteiger partial charge in [-0.2, -0.15) is 0 Å². The number of aromatic amines is 1. The quantitative estimate of drug-likeness (QED) is 0.443. The first-order valence-corrected chi connectivity index (χ1v) is 4.38. The molecule has 0 spiro atoms. The summed E-state index contributed by atoms with van der Waals surface area (Å²) < 4.78 is 4.46. The van der Waals surface area contributed by atoms with Gasteiger partial charge in [-0.15, -0.1) is 0 Å². The van der Waals surface area contributed by atoms with Gasteiger partial charge in [0.2, 0.25) is 0 Å². The van der Waals surface area contributed by atoms with Crippen LogP contribution in [0.5, 0.6) is 0 Å². The van der Waals surface area contributed by atoms with Gasteiger partial charge in [0.25, 0.3) is 0 Å². The summed E-state index contributed by atoms with van der Waals surface area (Å²) in [5.41, 5.74) is 0.644. The zero-order valence-corrected chi connectivity index (χ0v) is 8.23. The van der Waals surface area contributed by atoms with Crippen LogP contribution in [0.25, 0.3) is 0 Å². The average molecular weight is 213 g/mol. The highest BCUT2D eigenvalue weighted by Gasteiger charge is 2.11. The van der Waals surface area contributed by atoms with E-state index in [4.69, 9.17) is 0 Å². The number of carbonyl (C=O) groups excluding carboxylic acids is 1. The van der Waals surface area contributed by atoms with Crippen molar-refractivity contribution in [3.8, 4) is 0 Å². The van der Waals surface area contributed by atoms with Gasteiger partial charge >= 0.3 is 11.9 Å². The number of nitrogens with one attached hydrogen (secondary N) is 1. The van der Waals surface area contributed by atoms with Crippen molar-refractivity contribution in [3.05, 3.63) is 22.0 Å². The molecule has 0 unspecified atom stereocenters. The van der Waals surface area contributed by atoms with Gasteiger partial charge in [0.1, 0.15) is 11.9 Å². The molecule has 7 nitrogen and oxygen atoms in total. The Morgan fingerprint density at radius 2 is 2.47 bits per heavy atom. The number of ether oxygens (including phenoxy) is 1. The topological polar surface area (TPSA) is 98.1 Å². The molecule has 0 bridgehead atoms. The average Bonchev–Trinajstić information content (AvgIpc) is 2.66. The molecule has 15 heavy (non-hydrogen) atoms. The van der Waals surface area contributed by atoms with E-state index < -0.39 is 4.92 Å². The molecule has 1 aromatic rings. The molecule has 0 aliphatic rings. The largest absolute Gasteiger partial charge is 0.469 e. The van der Waals surface area contributed by atoms with Gasteiger partial charge in [0, 0.05) is 12.8 Å². The minimum Gasteiger partial charge on any atom is -0.469 e. The van der Waals surface area contributed by atoms with Crippen LogP contribution in [0.2, 0.25) is 0 Å². The van der Waals surface area contributed by atoms with Crippen LogP contribution < -0.4 is 0 Å². The molecule has 0 radical (unpaired) electrons. The summed E-state index contributed by atoms with van der Waals surface area (Å²) in [6.45, 7) is 0. The molecule has 0 aliphatic carbocycles. The first-order valence-electron chi connectivity index (χ1n) is 4.38. The fourth-order valence-corrected chi connectivity index (χ4v) is 1.09. The first-order chi connectivity index (χ1) is 7.13. The zero-order chi connectivity index (χ0) is 11.3. The van der Waals surface area contributed by atoms with Crippen LogP contribution in [0, 0.1) is 10.1 Å². The summed E-state index contributed by atoms with van der Waals surface area (Å²) in [6.07, 6.45) is 2.81. The molecule has 1 N–H and O–H groups in total. The predicted octanol–water partition coefficient (Wildman–Crippen LogP) is 0.814. The van der Waals surface area contributed by atoms with Crippen LogP contribution in [0.15, 0.2) is 6.20 Å². The lowest BCUT2D eigenvalue weighted by Gasteiger charge is -1.96. The molecule has 82 valence electrons. The van der Waals surface area contributed by atoms with Gasteiger partial charge in [-0.1, -0.05) is 4.98 Å².